The summed E-state index contributed by atoms with van der Waals surface area (Å²) in [4.78, 5) is 31.6. The summed E-state index contributed by atoms with van der Waals surface area (Å²) < 4.78 is 13.7. The quantitative estimate of drug-likeness (QED) is 0.0656. The third-order valence-corrected chi connectivity index (χ3v) is 10.2. The van der Waals surface area contributed by atoms with Crippen molar-refractivity contribution in [2.24, 2.45) is 22.9 Å². The van der Waals surface area contributed by atoms with Gasteiger partial charge >= 0.3 is 0 Å². The number of carbonyl (C=O) groups is 1. The molecule has 1 fully saturated rings. The van der Waals surface area contributed by atoms with Gasteiger partial charge in [0.15, 0.2) is 0 Å². The highest BCUT2D eigenvalue weighted by molar-refractivity contribution is 6.03. The molecule has 3 N–H and O–H groups in total. The number of phenolic OH excluding ortho intramolecular Hbond substituents is 1. The van der Waals surface area contributed by atoms with Crippen LogP contribution < -0.4 is 4.74 Å². The highest BCUT2D eigenvalue weighted by Gasteiger charge is 2.65. The van der Waals surface area contributed by atoms with Gasteiger partial charge in [0.25, 0.3) is 5.69 Å². The van der Waals surface area contributed by atoms with E-state index in [9.17, 15) is 30.2 Å². The summed E-state index contributed by atoms with van der Waals surface area (Å²) in [6.07, 6.45) is 11.7. The Morgan fingerprint density at radius 1 is 1.14 bits per heavy atom. The Bertz CT molecular complexity index is 1620. The number of allylic oxidation sites excluding steroid dienone is 1. The Morgan fingerprint density at radius 3 is 2.52 bits per heavy atom. The molecule has 5 rings (SSSR count). The maximum absolute atomic E-state index is 14.0. The van der Waals surface area contributed by atoms with Crippen LogP contribution in [0.4, 0.5) is 5.69 Å². The van der Waals surface area contributed by atoms with Gasteiger partial charge in [0.2, 0.25) is 11.7 Å². The van der Waals surface area contributed by atoms with Gasteiger partial charge in [0.05, 0.1) is 23.2 Å². The van der Waals surface area contributed by atoms with Gasteiger partial charge in [-0.2, -0.15) is 0 Å². The number of aromatic hydroxyl groups is 1. The first-order valence-corrected chi connectivity index (χ1v) is 17.2. The topological polar surface area (TPSA) is 164 Å². The number of aliphatic hydroxyl groups excluding tert-OH is 2. The van der Waals surface area contributed by atoms with Crippen molar-refractivity contribution in [3.63, 3.8) is 0 Å². The number of hydrogen-bond acceptors (Lipinski definition) is 10. The minimum absolute atomic E-state index is 0.0432. The summed E-state index contributed by atoms with van der Waals surface area (Å²) in [6.45, 7) is 4.22. The van der Waals surface area contributed by atoms with E-state index in [4.69, 9.17) is 14.3 Å². The average Bonchev–Trinajstić information content (AvgIpc) is 3.11. The Labute approximate surface area is 292 Å². The van der Waals surface area contributed by atoms with E-state index in [2.05, 4.69) is 17.8 Å². The molecule has 1 saturated carbocycles. The van der Waals surface area contributed by atoms with Crippen LogP contribution in [0.1, 0.15) is 62.0 Å². The SMILES string of the molecule is C=CCO[C@@]12Oc3ccc(O)cc3[C@H]3[C@H](CCCCO)[C@@H](CCCCO)C=C(C(=NOC)C[C@@H]1N(C)C(=O)C=Cc1ccc([N+](=O)[O-])cc1)[C@H]32. The van der Waals surface area contributed by atoms with Gasteiger partial charge in [0, 0.05) is 56.4 Å². The molecule has 3 aliphatic rings. The van der Waals surface area contributed by atoms with Gasteiger partial charge in [-0.3, -0.25) is 14.9 Å². The van der Waals surface area contributed by atoms with Gasteiger partial charge in [-0.05, 0) is 85.1 Å². The number of aliphatic hydroxyl groups is 2. The molecule has 6 atom stereocenters. The predicted molar refractivity (Wildman–Crippen MR) is 189 cm³/mol. The molecular weight excluding hydrogens is 642 g/mol. The molecule has 50 heavy (non-hydrogen) atoms. The van der Waals surface area contributed by atoms with Crippen LogP contribution >= 0.6 is 0 Å². The van der Waals surface area contributed by atoms with Crippen molar-refractivity contribution in [3.05, 3.63) is 94.1 Å². The van der Waals surface area contributed by atoms with Crippen molar-refractivity contribution in [1.29, 1.82) is 0 Å². The number of nitro benzene ring substituents is 1. The van der Waals surface area contributed by atoms with Crippen LogP contribution in [0.3, 0.4) is 0 Å². The van der Waals surface area contributed by atoms with Gasteiger partial charge in [-0.15, -0.1) is 6.58 Å². The minimum atomic E-state index is -1.39. The molecule has 2 aliphatic carbocycles. The van der Waals surface area contributed by atoms with Crippen LogP contribution in [-0.2, 0) is 14.4 Å². The van der Waals surface area contributed by atoms with E-state index in [1.54, 1.807) is 54.4 Å². The van der Waals surface area contributed by atoms with E-state index < -0.39 is 22.7 Å². The fraction of sp³-hybridized carbons (Fsp3) is 0.474. The molecule has 0 unspecified atom stereocenters. The van der Waals surface area contributed by atoms with Crippen LogP contribution in [0.25, 0.3) is 6.08 Å². The number of nitro groups is 1. The van der Waals surface area contributed by atoms with E-state index in [0.29, 0.717) is 29.9 Å². The predicted octanol–water partition coefficient (Wildman–Crippen LogP) is 5.74. The number of oxime groups is 1. The van der Waals surface area contributed by atoms with Crippen LogP contribution in [0.15, 0.2) is 78.0 Å². The maximum Gasteiger partial charge on any atom is 0.269 e. The number of amides is 1. The molecule has 2 aromatic rings. The van der Waals surface area contributed by atoms with E-state index in [1.165, 1.54) is 25.3 Å². The fourth-order valence-electron chi connectivity index (χ4n) is 7.99. The van der Waals surface area contributed by atoms with Crippen molar-refractivity contribution in [2.75, 3.05) is 34.0 Å². The molecule has 0 spiro atoms. The molecule has 2 aromatic carbocycles. The molecule has 0 bridgehead atoms. The summed E-state index contributed by atoms with van der Waals surface area (Å²) in [5.41, 5.74) is 2.99. The number of benzene rings is 2. The van der Waals surface area contributed by atoms with Crippen LogP contribution in [0.5, 0.6) is 11.5 Å². The van der Waals surface area contributed by atoms with E-state index in [1.807, 2.05) is 0 Å². The van der Waals surface area contributed by atoms with Gasteiger partial charge in [-0.1, -0.05) is 30.1 Å². The molecule has 0 aromatic heterocycles. The molecule has 12 nitrogen and oxygen atoms in total. The Morgan fingerprint density at radius 2 is 1.86 bits per heavy atom. The summed E-state index contributed by atoms with van der Waals surface area (Å²) in [7, 11) is 3.18. The number of rotatable bonds is 16. The van der Waals surface area contributed by atoms with Crippen LogP contribution in [0.2, 0.25) is 0 Å². The molecule has 1 aliphatic heterocycles. The largest absolute Gasteiger partial charge is 0.508 e. The third-order valence-electron chi connectivity index (χ3n) is 10.2. The lowest BCUT2D eigenvalue weighted by Crippen LogP contribution is -2.69. The minimum Gasteiger partial charge on any atom is -0.508 e. The van der Waals surface area contributed by atoms with Crippen molar-refractivity contribution < 1.29 is 39.3 Å². The summed E-state index contributed by atoms with van der Waals surface area (Å²) >= 11 is 0. The van der Waals surface area contributed by atoms with Crippen LogP contribution in [0, 0.1) is 27.9 Å². The number of carbonyl (C=O) groups excluding carboxylic acids is 1. The monoisotopic (exact) mass is 689 g/mol. The van der Waals surface area contributed by atoms with Crippen LogP contribution in [-0.4, -0.2) is 82.6 Å². The number of phenols is 1. The molecule has 1 amide bonds. The number of likely N-dealkylation sites (N-methyl/N-ethyl adjacent to an activating group) is 1. The normalized spacial score (nSPS) is 26.0. The molecule has 12 heteroatoms. The number of ether oxygens (including phenoxy) is 2. The Hall–Kier alpha value is -4.52. The van der Waals surface area contributed by atoms with Crippen molar-refractivity contribution in [1.82, 2.24) is 4.90 Å². The zero-order valence-corrected chi connectivity index (χ0v) is 28.6. The summed E-state index contributed by atoms with van der Waals surface area (Å²) in [6, 6.07) is 10.3. The number of nitrogens with zero attached hydrogens (tertiary/aromatic N) is 3. The number of unbranched alkanes of at least 4 members (excludes halogenated alkanes) is 2. The van der Waals surface area contributed by atoms with Crippen molar-refractivity contribution in [3.8, 4) is 11.5 Å². The highest BCUT2D eigenvalue weighted by Crippen LogP contribution is 2.61. The van der Waals surface area contributed by atoms with E-state index in [0.717, 1.165) is 36.8 Å². The maximum atomic E-state index is 14.0. The second-order valence-corrected chi connectivity index (χ2v) is 13.1. The smallest absolute Gasteiger partial charge is 0.269 e. The van der Waals surface area contributed by atoms with Crippen molar-refractivity contribution in [2.45, 2.75) is 62.7 Å². The first-order chi connectivity index (χ1) is 24.2. The zero-order valence-electron chi connectivity index (χ0n) is 28.6. The lowest BCUT2D eigenvalue weighted by Gasteiger charge is -2.59. The first-order valence-electron chi connectivity index (χ1n) is 17.2. The molecule has 0 saturated heterocycles. The molecule has 1 heterocycles. The Kier molecular flexibility index (Phi) is 12.1. The summed E-state index contributed by atoms with van der Waals surface area (Å²) in [5.74, 6) is -1.62. The van der Waals surface area contributed by atoms with Gasteiger partial charge in [0.1, 0.15) is 24.7 Å². The van der Waals surface area contributed by atoms with Crippen molar-refractivity contribution >= 4 is 23.4 Å². The van der Waals surface area contributed by atoms with Gasteiger partial charge in [-0.25, -0.2) is 0 Å². The highest BCUT2D eigenvalue weighted by atomic mass is 16.7. The first kappa shape index (κ1) is 36.8. The number of fused-ring (bicyclic) bond motifs is 2. The Balaban J connectivity index is 1.65. The van der Waals surface area contributed by atoms with E-state index in [-0.39, 0.29) is 61.3 Å². The van der Waals surface area contributed by atoms with Gasteiger partial charge < -0.3 is 34.5 Å². The standard InChI is InChI=1S/C38H47N3O9/c1-4-21-49-38-34(40(2)35(45)18-13-25-11-14-27(15-12-25)41(46)47)24-32(39-48-3)30-22-26(9-5-7-19-42)29(10-6-8-20-43)36(37(30)38)31-23-28(44)16-17-33(31)50-38/h4,11-18,22-23,26,29,34,36-37,42-44H,1,5-10,19-21,24H2,2-3H3/t26-,29+,34-,36+,37+,38+/m0/s1. The number of hydrogen-bond donors (Lipinski definition) is 3. The lowest BCUT2D eigenvalue weighted by atomic mass is 9.55. The molecule has 268 valence electrons. The number of non-ortho nitro benzene ring substituents is 1. The average molecular weight is 690 g/mol. The third kappa shape index (κ3) is 7.47. The lowest BCUT2D eigenvalue weighted by molar-refractivity contribution is -0.384. The second kappa shape index (κ2) is 16.5. The molecule has 0 radical (unpaired) electrons. The fourth-order valence-corrected chi connectivity index (χ4v) is 7.99. The zero-order chi connectivity index (χ0) is 35.8. The molecular formula is C38H47N3O9. The summed E-state index contributed by atoms with van der Waals surface area (Å²) in [5, 5.41) is 45.7. The van der Waals surface area contributed by atoms with E-state index >= 15 is 0 Å². The second-order valence-electron chi connectivity index (χ2n) is 13.1.